The first-order chi connectivity index (χ1) is 24.4. The predicted octanol–water partition coefficient (Wildman–Crippen LogP) is 1.74. The monoisotopic (exact) mass is 727 g/mol. The quantitative estimate of drug-likeness (QED) is 0.176. The molecule has 3 fully saturated rings. The van der Waals surface area contributed by atoms with Gasteiger partial charge in [-0.25, -0.2) is 4.79 Å². The molecule has 0 aliphatic carbocycles. The minimum atomic E-state index is -2.20. The van der Waals surface area contributed by atoms with Crippen molar-refractivity contribution in [2.75, 3.05) is 18.0 Å². The molecule has 8 atom stereocenters. The maximum absolute atomic E-state index is 13.1. The number of amides is 3. The van der Waals surface area contributed by atoms with E-state index in [4.69, 9.17) is 14.2 Å². The smallest absolute Gasteiger partial charge is 0.336 e. The summed E-state index contributed by atoms with van der Waals surface area (Å²) in [4.78, 5) is 52.6. The zero-order valence-corrected chi connectivity index (χ0v) is 30.0. The minimum Gasteiger partial charge on any atom is -0.507 e. The summed E-state index contributed by atoms with van der Waals surface area (Å²) in [5, 5.41) is 59.6. The van der Waals surface area contributed by atoms with Crippen LogP contribution in [0.5, 0.6) is 5.75 Å². The van der Waals surface area contributed by atoms with Crippen molar-refractivity contribution in [2.45, 2.75) is 121 Å². The average molecular weight is 728 g/mol. The highest BCUT2D eigenvalue weighted by atomic mass is 16.8. The Morgan fingerprint density at radius 1 is 1.04 bits per heavy atom. The predicted molar refractivity (Wildman–Crippen MR) is 185 cm³/mol. The number of phenolic OH excluding ortho intramolecular Hbond substituents is 1. The molecule has 3 aliphatic rings. The fourth-order valence-electron chi connectivity index (χ4n) is 7.38. The number of carbonyl (C=O) groups is 4. The normalized spacial score (nSPS) is 28.6. The second kappa shape index (κ2) is 15.5. The van der Waals surface area contributed by atoms with Gasteiger partial charge in [-0.3, -0.25) is 14.4 Å². The molecule has 3 heterocycles. The number of nitrogens with zero attached hydrogens (tertiary/aromatic N) is 1. The van der Waals surface area contributed by atoms with Gasteiger partial charge in [-0.15, -0.1) is 0 Å². The Bertz CT molecular complexity index is 1660. The van der Waals surface area contributed by atoms with Crippen molar-refractivity contribution in [3.8, 4) is 5.75 Å². The molecule has 2 aromatic rings. The van der Waals surface area contributed by atoms with Crippen molar-refractivity contribution in [2.24, 2.45) is 0 Å². The number of ether oxygens (including phenoxy) is 3. The number of carboxylic acids is 1. The third-order valence-electron chi connectivity index (χ3n) is 9.93. The number of nitrogens with one attached hydrogen (secondary N) is 2. The van der Waals surface area contributed by atoms with Gasteiger partial charge in [-0.2, -0.15) is 0 Å². The van der Waals surface area contributed by atoms with Gasteiger partial charge in [0.25, 0.3) is 5.91 Å². The van der Waals surface area contributed by atoms with Crippen LogP contribution in [0.25, 0.3) is 0 Å². The van der Waals surface area contributed by atoms with E-state index < -0.39 is 84.8 Å². The SMILES string of the molecule is CC(=O)N[C@H]1[C@H]([C@H](O)[C@H](O)CNC(=O)c2cc(C)c(O)c(C)c2)O[C@@](CC2OC(C)(C)O[C@H]2c2cccc(N3CCCCC3=O)c2)(C(=O)O)C[C@@H]1O. The third-order valence-corrected chi connectivity index (χ3v) is 9.93. The van der Waals surface area contributed by atoms with E-state index in [1.807, 2.05) is 6.07 Å². The van der Waals surface area contributed by atoms with E-state index in [0.29, 0.717) is 35.3 Å². The number of aryl methyl sites for hydroxylation is 2. The fourth-order valence-corrected chi connectivity index (χ4v) is 7.38. The lowest BCUT2D eigenvalue weighted by Crippen LogP contribution is -2.68. The molecule has 0 radical (unpaired) electrons. The van der Waals surface area contributed by atoms with E-state index in [1.165, 1.54) is 19.1 Å². The van der Waals surface area contributed by atoms with Crippen molar-refractivity contribution >= 4 is 29.4 Å². The van der Waals surface area contributed by atoms with Gasteiger partial charge in [0.2, 0.25) is 11.8 Å². The summed E-state index contributed by atoms with van der Waals surface area (Å²) < 4.78 is 18.7. The van der Waals surface area contributed by atoms with Gasteiger partial charge in [-0.05, 0) is 81.5 Å². The number of carbonyl (C=O) groups excluding carboxylic acids is 3. The molecule has 15 heteroatoms. The minimum absolute atomic E-state index is 0.00363. The summed E-state index contributed by atoms with van der Waals surface area (Å²) in [7, 11) is 0. The summed E-state index contributed by atoms with van der Waals surface area (Å²) in [6, 6.07) is 8.77. The van der Waals surface area contributed by atoms with Crippen molar-refractivity contribution in [3.63, 3.8) is 0 Å². The number of rotatable bonds is 11. The summed E-state index contributed by atoms with van der Waals surface area (Å²) in [5.41, 5.74) is 0.225. The van der Waals surface area contributed by atoms with Crippen LogP contribution in [0.2, 0.25) is 0 Å². The van der Waals surface area contributed by atoms with Crippen molar-refractivity contribution < 1.29 is 58.9 Å². The van der Waals surface area contributed by atoms with Crippen LogP contribution in [-0.4, -0.2) is 110 Å². The van der Waals surface area contributed by atoms with E-state index in [2.05, 4.69) is 10.6 Å². The van der Waals surface area contributed by atoms with Crippen LogP contribution in [0.1, 0.15) is 86.0 Å². The number of carboxylic acid groups (broad SMARTS) is 1. The molecule has 0 bridgehead atoms. The molecular formula is C37H49N3O12. The van der Waals surface area contributed by atoms with E-state index in [0.717, 1.165) is 12.8 Å². The lowest BCUT2D eigenvalue weighted by molar-refractivity contribution is -0.236. The maximum atomic E-state index is 13.1. The highest BCUT2D eigenvalue weighted by Crippen LogP contribution is 2.45. The molecule has 2 aromatic carbocycles. The molecule has 15 nitrogen and oxygen atoms in total. The highest BCUT2D eigenvalue weighted by molar-refractivity contribution is 5.95. The Balaban J connectivity index is 1.39. The van der Waals surface area contributed by atoms with Crippen molar-refractivity contribution in [3.05, 3.63) is 58.7 Å². The van der Waals surface area contributed by atoms with Crippen LogP contribution < -0.4 is 15.5 Å². The van der Waals surface area contributed by atoms with Crippen LogP contribution in [-0.2, 0) is 28.6 Å². The number of phenols is 1. The third kappa shape index (κ3) is 8.40. The maximum Gasteiger partial charge on any atom is 0.336 e. The lowest BCUT2D eigenvalue weighted by atomic mass is 9.79. The van der Waals surface area contributed by atoms with Crippen LogP contribution in [0, 0.1) is 13.8 Å². The second-order valence-corrected chi connectivity index (χ2v) is 14.5. The van der Waals surface area contributed by atoms with Gasteiger partial charge in [0.1, 0.15) is 24.1 Å². The molecule has 0 saturated carbocycles. The van der Waals surface area contributed by atoms with Gasteiger partial charge in [-0.1, -0.05) is 12.1 Å². The van der Waals surface area contributed by atoms with E-state index in [1.54, 1.807) is 50.8 Å². The average Bonchev–Trinajstić information content (AvgIpc) is 3.39. The Morgan fingerprint density at radius 3 is 2.37 bits per heavy atom. The van der Waals surface area contributed by atoms with E-state index in [9.17, 15) is 44.7 Å². The zero-order chi connectivity index (χ0) is 38.1. The summed E-state index contributed by atoms with van der Waals surface area (Å²) in [6.45, 7) is 7.84. The Hall–Kier alpha value is -4.12. The molecule has 0 aromatic heterocycles. The van der Waals surface area contributed by atoms with Gasteiger partial charge in [0.05, 0.1) is 24.4 Å². The lowest BCUT2D eigenvalue weighted by Gasteiger charge is -2.48. The number of anilines is 1. The summed E-state index contributed by atoms with van der Waals surface area (Å²) in [5.74, 6) is -3.82. The van der Waals surface area contributed by atoms with Crippen LogP contribution in [0.3, 0.4) is 0 Å². The van der Waals surface area contributed by atoms with Crippen LogP contribution >= 0.6 is 0 Å². The van der Waals surface area contributed by atoms with E-state index in [-0.39, 0.29) is 23.6 Å². The molecule has 284 valence electrons. The van der Waals surface area contributed by atoms with Gasteiger partial charge in [0.15, 0.2) is 11.4 Å². The Labute approximate surface area is 301 Å². The topological polar surface area (TPSA) is 224 Å². The van der Waals surface area contributed by atoms with Crippen LogP contribution in [0.4, 0.5) is 5.69 Å². The fraction of sp³-hybridized carbons (Fsp3) is 0.568. The molecule has 5 rings (SSSR count). The molecule has 3 amide bonds. The van der Waals surface area contributed by atoms with E-state index >= 15 is 0 Å². The van der Waals surface area contributed by atoms with Crippen LogP contribution in [0.15, 0.2) is 36.4 Å². The molecule has 0 spiro atoms. The first-order valence-electron chi connectivity index (χ1n) is 17.5. The largest absolute Gasteiger partial charge is 0.507 e. The molecule has 3 aliphatic heterocycles. The number of piperidine rings is 1. The Morgan fingerprint density at radius 2 is 1.73 bits per heavy atom. The van der Waals surface area contributed by atoms with Gasteiger partial charge >= 0.3 is 5.97 Å². The van der Waals surface area contributed by atoms with Crippen molar-refractivity contribution in [1.82, 2.24) is 10.6 Å². The number of hydrogen-bond donors (Lipinski definition) is 7. The zero-order valence-electron chi connectivity index (χ0n) is 30.0. The second-order valence-electron chi connectivity index (χ2n) is 14.5. The molecule has 52 heavy (non-hydrogen) atoms. The number of benzene rings is 2. The van der Waals surface area contributed by atoms with Gasteiger partial charge in [0, 0.05) is 50.5 Å². The molecule has 3 saturated heterocycles. The number of aliphatic carboxylic acids is 1. The number of hydrogen-bond acceptors (Lipinski definition) is 11. The molecule has 7 N–H and O–H groups in total. The standard InChI is InChI=1S/C37H49N3O12/c1-19-13-23(14-20(2)30(19)45)34(47)38-18-26(43)31(46)33-29(39-21(3)41)25(42)16-37(52-33,35(48)49)17-27-32(51-36(4,5)50-27)22-9-8-10-24(15-22)40-12-7-6-11-28(40)44/h8-10,13-15,25-27,29,31-33,42-43,45-46H,6-7,11-12,16-18H2,1-5H3,(H,38,47)(H,39,41)(H,48,49)/t25-,26+,27?,29+,31+,32-,33+,37-/m0/s1. The number of aliphatic hydroxyl groups is 3. The first kappa shape index (κ1) is 39.1. The number of aromatic hydroxyl groups is 1. The van der Waals surface area contributed by atoms with Gasteiger partial charge < -0.3 is 55.3 Å². The summed E-state index contributed by atoms with van der Waals surface area (Å²) >= 11 is 0. The molecule has 1 unspecified atom stereocenters. The first-order valence-corrected chi connectivity index (χ1v) is 17.5. The Kier molecular flexibility index (Phi) is 11.6. The summed E-state index contributed by atoms with van der Waals surface area (Å²) in [6.07, 6.45) is -7.40. The molecular weight excluding hydrogens is 678 g/mol. The van der Waals surface area contributed by atoms with Crippen molar-refractivity contribution in [1.29, 1.82) is 0 Å². The highest BCUT2D eigenvalue weighted by Gasteiger charge is 2.57. The number of aliphatic hydroxyl groups excluding tert-OH is 3.